The summed E-state index contributed by atoms with van der Waals surface area (Å²) in [6.07, 6.45) is 7.42. The maximum Gasteiger partial charge on any atom is 0.195 e. The Hall–Kier alpha value is -2.00. The molecule has 0 radical (unpaired) electrons. The zero-order valence-corrected chi connectivity index (χ0v) is 15.3. The van der Waals surface area contributed by atoms with Gasteiger partial charge in [0, 0.05) is 0 Å². The molecule has 1 unspecified atom stereocenters. The predicted molar refractivity (Wildman–Crippen MR) is 102 cm³/mol. The van der Waals surface area contributed by atoms with Crippen molar-refractivity contribution < 1.29 is 14.5 Å². The van der Waals surface area contributed by atoms with Crippen LogP contribution in [0.4, 0.5) is 0 Å². The average molecular weight is 348 g/mol. The highest BCUT2D eigenvalue weighted by atomic mass is 31.0. The molecule has 1 aromatic rings. The van der Waals surface area contributed by atoms with Crippen molar-refractivity contribution in [3.8, 4) is 0 Å². The SMILES string of the molecule is C=Cc1ccc(/C=N\OCCCCCCO/N=C(/C)C(=O)P)cc1. The van der Waals surface area contributed by atoms with Crippen molar-refractivity contribution in [3.05, 3.63) is 42.0 Å². The Morgan fingerprint density at radius 3 is 2.25 bits per heavy atom. The van der Waals surface area contributed by atoms with Gasteiger partial charge in [-0.05, 0) is 43.7 Å². The number of hydrogen-bond donors (Lipinski definition) is 0. The van der Waals surface area contributed by atoms with Crippen LogP contribution in [0.15, 0.2) is 41.2 Å². The number of carbonyl (C=O) groups is 1. The van der Waals surface area contributed by atoms with E-state index in [1.807, 2.05) is 24.3 Å². The highest BCUT2D eigenvalue weighted by Gasteiger charge is 1.97. The van der Waals surface area contributed by atoms with E-state index < -0.39 is 0 Å². The van der Waals surface area contributed by atoms with Crippen LogP contribution < -0.4 is 0 Å². The fraction of sp³-hybridized carbons (Fsp3) is 0.389. The second kappa shape index (κ2) is 12.4. The van der Waals surface area contributed by atoms with Crippen LogP contribution in [0, 0.1) is 0 Å². The summed E-state index contributed by atoms with van der Waals surface area (Å²) in [6.45, 7) is 6.46. The molecule has 5 nitrogen and oxygen atoms in total. The molecule has 0 aliphatic rings. The molecule has 0 amide bonds. The Morgan fingerprint density at radius 2 is 1.67 bits per heavy atom. The van der Waals surface area contributed by atoms with Gasteiger partial charge in [-0.15, -0.1) is 0 Å². The quantitative estimate of drug-likeness (QED) is 0.248. The van der Waals surface area contributed by atoms with Crippen molar-refractivity contribution in [1.29, 1.82) is 0 Å². The highest BCUT2D eigenvalue weighted by Crippen LogP contribution is 2.04. The molecule has 0 spiro atoms. The first kappa shape index (κ1) is 20.0. The van der Waals surface area contributed by atoms with Crippen LogP contribution >= 0.6 is 9.24 Å². The summed E-state index contributed by atoms with van der Waals surface area (Å²) >= 11 is 0. The number of rotatable bonds is 12. The number of carbonyl (C=O) groups excluding carboxylic acids is 1. The van der Waals surface area contributed by atoms with Crippen molar-refractivity contribution in [2.24, 2.45) is 10.3 Å². The molecular weight excluding hydrogens is 323 g/mol. The molecule has 0 heterocycles. The molecule has 0 aliphatic heterocycles. The molecule has 6 heteroatoms. The summed E-state index contributed by atoms with van der Waals surface area (Å²) in [5.41, 5.74) is 2.30. The summed E-state index contributed by atoms with van der Waals surface area (Å²) < 4.78 is 0. The van der Waals surface area contributed by atoms with E-state index in [-0.39, 0.29) is 5.52 Å². The maximum atomic E-state index is 10.9. The maximum absolute atomic E-state index is 10.9. The Kier molecular flexibility index (Phi) is 10.4. The van der Waals surface area contributed by atoms with Gasteiger partial charge in [0.05, 0.1) is 6.21 Å². The summed E-state index contributed by atoms with van der Waals surface area (Å²) in [6, 6.07) is 7.91. The van der Waals surface area contributed by atoms with Crippen LogP contribution in [0.3, 0.4) is 0 Å². The zero-order valence-electron chi connectivity index (χ0n) is 14.1. The molecule has 0 saturated heterocycles. The lowest BCUT2D eigenvalue weighted by Gasteiger charge is -2.01. The first-order valence-corrected chi connectivity index (χ1v) is 8.55. The Balaban J connectivity index is 2.00. The van der Waals surface area contributed by atoms with Crippen LogP contribution in [0.1, 0.15) is 43.7 Å². The first-order chi connectivity index (χ1) is 11.6. The third-order valence-electron chi connectivity index (χ3n) is 3.23. The van der Waals surface area contributed by atoms with Gasteiger partial charge in [-0.1, -0.05) is 56.5 Å². The number of nitrogens with zero attached hydrogens (tertiary/aromatic N) is 2. The van der Waals surface area contributed by atoms with E-state index in [2.05, 4.69) is 26.1 Å². The number of hydrogen-bond acceptors (Lipinski definition) is 5. The lowest BCUT2D eigenvalue weighted by Crippen LogP contribution is -2.02. The Morgan fingerprint density at radius 1 is 1.08 bits per heavy atom. The van der Waals surface area contributed by atoms with E-state index in [0.717, 1.165) is 36.8 Å². The molecular formula is C18H25N2O3P. The lowest BCUT2D eigenvalue weighted by molar-refractivity contribution is -0.105. The summed E-state index contributed by atoms with van der Waals surface area (Å²) in [5.74, 6) is 0. The van der Waals surface area contributed by atoms with E-state index in [1.54, 1.807) is 19.2 Å². The topological polar surface area (TPSA) is 60.2 Å². The third kappa shape index (κ3) is 9.21. The molecule has 1 aromatic carbocycles. The predicted octanol–water partition coefficient (Wildman–Crippen LogP) is 4.03. The summed E-state index contributed by atoms with van der Waals surface area (Å²) in [4.78, 5) is 21.2. The fourth-order valence-corrected chi connectivity index (χ4v) is 1.80. The van der Waals surface area contributed by atoms with Gasteiger partial charge in [0.15, 0.2) is 5.52 Å². The second-order valence-electron chi connectivity index (χ2n) is 5.23. The van der Waals surface area contributed by atoms with Gasteiger partial charge in [0.25, 0.3) is 0 Å². The molecule has 24 heavy (non-hydrogen) atoms. The highest BCUT2D eigenvalue weighted by molar-refractivity contribution is 7.45. The van der Waals surface area contributed by atoms with Crippen molar-refractivity contribution >= 4 is 32.8 Å². The minimum absolute atomic E-state index is 0.149. The van der Waals surface area contributed by atoms with Crippen LogP contribution in [0.5, 0.6) is 0 Å². The van der Waals surface area contributed by atoms with Crippen LogP contribution in [0.25, 0.3) is 6.08 Å². The standard InChI is InChI=1S/C18H25N2O3P/c1-3-16-8-10-17(11-9-16)14-19-22-12-6-4-5-7-13-23-20-15(2)18(21)24/h3,8-11,14H,1,4-7,12-13,24H2,2H3/b19-14-,20-15-. The van der Waals surface area contributed by atoms with Crippen LogP contribution in [0.2, 0.25) is 0 Å². The minimum atomic E-state index is -0.149. The molecule has 1 atom stereocenters. The Bertz CT molecular complexity index is 568. The minimum Gasteiger partial charge on any atom is -0.396 e. The van der Waals surface area contributed by atoms with E-state index in [0.29, 0.717) is 18.9 Å². The van der Waals surface area contributed by atoms with Gasteiger partial charge < -0.3 is 9.68 Å². The molecule has 1 rings (SSSR count). The van der Waals surface area contributed by atoms with Crippen molar-refractivity contribution in [2.45, 2.75) is 32.6 Å². The van der Waals surface area contributed by atoms with Gasteiger partial charge in [-0.25, -0.2) is 0 Å². The average Bonchev–Trinajstić information content (AvgIpc) is 2.59. The fourth-order valence-electron chi connectivity index (χ4n) is 1.74. The normalized spacial score (nSPS) is 11.5. The number of oxime groups is 2. The molecule has 0 bridgehead atoms. The monoisotopic (exact) mass is 348 g/mol. The van der Waals surface area contributed by atoms with E-state index in [1.165, 1.54) is 0 Å². The smallest absolute Gasteiger partial charge is 0.195 e. The molecule has 0 aromatic heterocycles. The van der Waals surface area contributed by atoms with Gasteiger partial charge in [0.1, 0.15) is 18.9 Å². The molecule has 0 N–H and O–H groups in total. The zero-order chi connectivity index (χ0) is 17.6. The van der Waals surface area contributed by atoms with Crippen molar-refractivity contribution in [3.63, 3.8) is 0 Å². The molecule has 130 valence electrons. The van der Waals surface area contributed by atoms with Gasteiger partial charge in [-0.3, -0.25) is 4.79 Å². The third-order valence-corrected chi connectivity index (χ3v) is 3.65. The van der Waals surface area contributed by atoms with Crippen molar-refractivity contribution in [2.75, 3.05) is 13.2 Å². The van der Waals surface area contributed by atoms with Gasteiger partial charge in [-0.2, -0.15) is 0 Å². The Labute approximate surface area is 146 Å². The van der Waals surface area contributed by atoms with E-state index in [4.69, 9.17) is 9.68 Å². The lowest BCUT2D eigenvalue weighted by atomic mass is 10.1. The number of unbranched alkanes of at least 4 members (excludes halogenated alkanes) is 3. The molecule has 0 saturated carbocycles. The largest absolute Gasteiger partial charge is 0.396 e. The van der Waals surface area contributed by atoms with Crippen LogP contribution in [-0.2, 0) is 14.5 Å². The van der Waals surface area contributed by atoms with E-state index >= 15 is 0 Å². The number of benzene rings is 1. The second-order valence-corrected chi connectivity index (χ2v) is 5.75. The van der Waals surface area contributed by atoms with Gasteiger partial charge >= 0.3 is 0 Å². The molecule has 0 aliphatic carbocycles. The van der Waals surface area contributed by atoms with Crippen molar-refractivity contribution in [1.82, 2.24) is 0 Å². The van der Waals surface area contributed by atoms with E-state index in [9.17, 15) is 4.79 Å². The summed E-state index contributed by atoms with van der Waals surface area (Å²) in [5, 5.41) is 7.67. The van der Waals surface area contributed by atoms with Gasteiger partial charge in [0.2, 0.25) is 0 Å². The summed E-state index contributed by atoms with van der Waals surface area (Å²) in [7, 11) is 2.07. The molecule has 0 fully saturated rings. The first-order valence-electron chi connectivity index (χ1n) is 7.97. The van der Waals surface area contributed by atoms with Crippen LogP contribution in [-0.4, -0.2) is 30.7 Å².